The van der Waals surface area contributed by atoms with Crippen LogP contribution in [0.25, 0.3) is 10.9 Å². The maximum atomic E-state index is 13.2. The van der Waals surface area contributed by atoms with E-state index in [-0.39, 0.29) is 5.78 Å². The summed E-state index contributed by atoms with van der Waals surface area (Å²) in [4.78, 5) is 27.4. The van der Waals surface area contributed by atoms with E-state index in [1.54, 1.807) is 12.1 Å². The minimum Gasteiger partial charge on any atom is -0.482 e. The first-order valence-electron chi connectivity index (χ1n) is 8.14. The number of hydrogen-bond acceptors (Lipinski definition) is 3. The number of carbonyl (C=O) groups excluding carboxylic acids is 1. The molecule has 1 heterocycles. The second kappa shape index (κ2) is 5.71. The van der Waals surface area contributed by atoms with Gasteiger partial charge in [0.25, 0.3) is 0 Å². The number of H-pyrrole nitrogens is 1. The summed E-state index contributed by atoms with van der Waals surface area (Å²) in [7, 11) is 0. The van der Waals surface area contributed by atoms with Gasteiger partial charge in [0.05, 0.1) is 5.56 Å². The molecule has 132 valence electrons. The monoisotopic (exact) mass is 413 g/mol. The Bertz CT molecular complexity index is 1080. The minimum absolute atomic E-state index is 0.0799. The molecule has 0 saturated heterocycles. The number of aromatic amines is 1. The fourth-order valence-electron chi connectivity index (χ4n) is 3.63. The molecule has 5 nitrogen and oxygen atoms in total. The lowest BCUT2D eigenvalue weighted by Gasteiger charge is -2.32. The van der Waals surface area contributed by atoms with Crippen LogP contribution in [0.15, 0.2) is 40.9 Å². The van der Waals surface area contributed by atoms with Crippen LogP contribution in [0.4, 0.5) is 0 Å². The third kappa shape index (κ3) is 2.44. The summed E-state index contributed by atoms with van der Waals surface area (Å²) in [5, 5.41) is 9.67. The molecule has 0 bridgehead atoms. The smallest absolute Gasteiger partial charge is 0.341 e. The van der Waals surface area contributed by atoms with Crippen LogP contribution in [0.3, 0.4) is 0 Å². The van der Waals surface area contributed by atoms with Crippen molar-refractivity contribution in [1.29, 1.82) is 0 Å². The van der Waals surface area contributed by atoms with Crippen molar-refractivity contribution in [2.24, 2.45) is 0 Å². The summed E-state index contributed by atoms with van der Waals surface area (Å²) in [5.41, 5.74) is 3.51. The average molecular weight is 414 g/mol. The summed E-state index contributed by atoms with van der Waals surface area (Å²) >= 11 is 3.47. The van der Waals surface area contributed by atoms with Gasteiger partial charge in [0.2, 0.25) is 0 Å². The van der Waals surface area contributed by atoms with Crippen LogP contribution in [0, 0.1) is 0 Å². The predicted octanol–water partition coefficient (Wildman–Crippen LogP) is 4.26. The molecule has 1 aliphatic rings. The van der Waals surface area contributed by atoms with Gasteiger partial charge in [-0.2, -0.15) is 0 Å². The number of aromatic nitrogens is 1. The van der Waals surface area contributed by atoms with E-state index in [0.29, 0.717) is 16.9 Å². The molecule has 26 heavy (non-hydrogen) atoms. The van der Waals surface area contributed by atoms with Crippen molar-refractivity contribution in [3.63, 3.8) is 0 Å². The molecule has 0 fully saturated rings. The number of hydrogen-bond donors (Lipinski definition) is 2. The Morgan fingerprint density at radius 2 is 2.00 bits per heavy atom. The lowest BCUT2D eigenvalue weighted by Crippen LogP contribution is -2.30. The highest BCUT2D eigenvalue weighted by atomic mass is 79.9. The molecule has 1 aromatic heterocycles. The van der Waals surface area contributed by atoms with E-state index in [0.717, 1.165) is 26.6 Å². The summed E-state index contributed by atoms with van der Waals surface area (Å²) in [5.74, 6) is -0.760. The van der Waals surface area contributed by atoms with Crippen molar-refractivity contribution in [1.82, 2.24) is 4.98 Å². The van der Waals surface area contributed by atoms with Gasteiger partial charge >= 0.3 is 5.97 Å². The number of aliphatic carboxylic acids is 1. The van der Waals surface area contributed by atoms with Crippen LogP contribution in [0.1, 0.15) is 41.0 Å². The molecule has 0 amide bonds. The fraction of sp³-hybridized carbons (Fsp3) is 0.200. The molecule has 0 aliphatic heterocycles. The predicted molar refractivity (Wildman–Crippen MR) is 101 cm³/mol. The molecule has 3 aromatic rings. The number of carboxylic acid groups (broad SMARTS) is 1. The number of ketones is 1. The van der Waals surface area contributed by atoms with Gasteiger partial charge in [-0.3, -0.25) is 4.79 Å². The Hall–Kier alpha value is -2.60. The summed E-state index contributed by atoms with van der Waals surface area (Å²) < 4.78 is 6.20. The van der Waals surface area contributed by atoms with E-state index < -0.39 is 18.0 Å². The maximum Gasteiger partial charge on any atom is 0.341 e. The van der Waals surface area contributed by atoms with Gasteiger partial charge < -0.3 is 14.8 Å². The molecule has 1 aliphatic carbocycles. The van der Waals surface area contributed by atoms with Gasteiger partial charge in [0, 0.05) is 32.0 Å². The van der Waals surface area contributed by atoms with Gasteiger partial charge in [0.1, 0.15) is 5.75 Å². The lowest BCUT2D eigenvalue weighted by atomic mass is 9.71. The number of halogens is 1. The van der Waals surface area contributed by atoms with Gasteiger partial charge in [-0.15, -0.1) is 0 Å². The highest BCUT2D eigenvalue weighted by Gasteiger charge is 2.39. The zero-order valence-electron chi connectivity index (χ0n) is 14.2. The normalized spacial score (nSPS) is 14.8. The molecule has 0 spiro atoms. The first-order valence-corrected chi connectivity index (χ1v) is 8.94. The number of benzene rings is 2. The number of fused-ring (bicyclic) bond motifs is 4. The Labute approximate surface area is 158 Å². The molecule has 6 heteroatoms. The third-order valence-corrected chi connectivity index (χ3v) is 5.38. The number of carbonyl (C=O) groups is 2. The Balaban J connectivity index is 1.90. The minimum atomic E-state index is -1.06. The molecule has 0 atom stereocenters. The van der Waals surface area contributed by atoms with E-state index >= 15 is 0 Å². The van der Waals surface area contributed by atoms with Crippen LogP contribution in [-0.2, 0) is 10.2 Å². The number of ether oxygens (including phenoxy) is 1. The molecule has 0 saturated carbocycles. The Morgan fingerprint density at radius 3 is 2.73 bits per heavy atom. The fourth-order valence-corrected chi connectivity index (χ4v) is 4.00. The van der Waals surface area contributed by atoms with Gasteiger partial charge in [-0.25, -0.2) is 4.79 Å². The van der Waals surface area contributed by atoms with Crippen molar-refractivity contribution >= 4 is 38.6 Å². The van der Waals surface area contributed by atoms with E-state index in [2.05, 4.69) is 34.8 Å². The second-order valence-electron chi connectivity index (χ2n) is 6.91. The van der Waals surface area contributed by atoms with Gasteiger partial charge in [-0.05, 0) is 29.8 Å². The van der Waals surface area contributed by atoms with E-state index in [9.17, 15) is 9.59 Å². The van der Waals surface area contributed by atoms with Crippen molar-refractivity contribution in [3.05, 3.63) is 63.3 Å². The lowest BCUT2D eigenvalue weighted by molar-refractivity contribution is -0.139. The first-order chi connectivity index (χ1) is 12.3. The molecule has 4 rings (SSSR count). The SMILES string of the molecule is CC1(C)c2ccc(OCC(=O)O)cc2C(=O)c2c1[nH]c1cc(Br)ccc21. The molecular weight excluding hydrogens is 398 g/mol. The molecule has 0 unspecified atom stereocenters. The van der Waals surface area contributed by atoms with Crippen LogP contribution in [-0.4, -0.2) is 28.4 Å². The summed E-state index contributed by atoms with van der Waals surface area (Å²) in [6.07, 6.45) is 0. The Kier molecular flexibility index (Phi) is 3.70. The standard InChI is InChI=1S/C20H16BrNO4/c1-20(2)14-6-4-11(26-9-16(23)24)8-13(14)18(25)17-12-5-3-10(21)7-15(12)22-19(17)20/h3-8,22H,9H2,1-2H3,(H,23,24). The van der Waals surface area contributed by atoms with Crippen molar-refractivity contribution < 1.29 is 19.4 Å². The zero-order chi connectivity index (χ0) is 18.6. The summed E-state index contributed by atoms with van der Waals surface area (Å²) in [6, 6.07) is 11.0. The van der Waals surface area contributed by atoms with Crippen molar-refractivity contribution in [2.75, 3.05) is 6.61 Å². The van der Waals surface area contributed by atoms with E-state index in [1.165, 1.54) is 0 Å². The highest BCUT2D eigenvalue weighted by Crippen LogP contribution is 2.44. The number of nitrogens with one attached hydrogen (secondary N) is 1. The largest absolute Gasteiger partial charge is 0.482 e. The zero-order valence-corrected chi connectivity index (χ0v) is 15.8. The van der Waals surface area contributed by atoms with Crippen LogP contribution < -0.4 is 4.74 Å². The van der Waals surface area contributed by atoms with E-state index in [4.69, 9.17) is 9.84 Å². The molecule has 0 radical (unpaired) electrons. The highest BCUT2D eigenvalue weighted by molar-refractivity contribution is 9.10. The maximum absolute atomic E-state index is 13.2. The number of rotatable bonds is 3. The summed E-state index contributed by atoms with van der Waals surface area (Å²) in [6.45, 7) is 3.70. The van der Waals surface area contributed by atoms with Crippen LogP contribution >= 0.6 is 15.9 Å². The third-order valence-electron chi connectivity index (χ3n) is 4.88. The van der Waals surface area contributed by atoms with Gasteiger partial charge in [0.15, 0.2) is 12.4 Å². The van der Waals surface area contributed by atoms with Crippen LogP contribution in [0.5, 0.6) is 5.75 Å². The Morgan fingerprint density at radius 1 is 1.23 bits per heavy atom. The molecule has 2 aromatic carbocycles. The topological polar surface area (TPSA) is 79.4 Å². The van der Waals surface area contributed by atoms with Gasteiger partial charge in [-0.1, -0.05) is 41.9 Å². The quantitative estimate of drug-likeness (QED) is 0.671. The van der Waals surface area contributed by atoms with Crippen LogP contribution in [0.2, 0.25) is 0 Å². The second-order valence-corrected chi connectivity index (χ2v) is 7.82. The molecule has 2 N–H and O–H groups in total. The van der Waals surface area contributed by atoms with Crippen molar-refractivity contribution in [2.45, 2.75) is 19.3 Å². The average Bonchev–Trinajstić information content (AvgIpc) is 2.97. The number of carboxylic acids is 1. The first kappa shape index (κ1) is 16.8. The molecular formula is C20H16BrNO4. The van der Waals surface area contributed by atoms with E-state index in [1.807, 2.05) is 24.3 Å². The van der Waals surface area contributed by atoms with Crippen molar-refractivity contribution in [3.8, 4) is 5.75 Å².